The molecule has 1 heterocycles. The maximum Gasteiger partial charge on any atom is 0.128 e. The molecule has 1 aromatic heterocycles. The van der Waals surface area contributed by atoms with Gasteiger partial charge in [0.25, 0.3) is 0 Å². The van der Waals surface area contributed by atoms with E-state index in [0.717, 1.165) is 25.3 Å². The second-order valence-corrected chi connectivity index (χ2v) is 4.17. The van der Waals surface area contributed by atoms with E-state index in [-0.39, 0.29) is 0 Å². The molecule has 3 nitrogen and oxygen atoms in total. The monoisotopic (exact) mass is 207 g/mol. The van der Waals surface area contributed by atoms with Crippen LogP contribution < -0.4 is 10.6 Å². The summed E-state index contributed by atoms with van der Waals surface area (Å²) in [5, 5.41) is 0. The van der Waals surface area contributed by atoms with Crippen molar-refractivity contribution in [3.8, 4) is 0 Å². The SMILES string of the molecule is CC(C)c1ccnc(N(C)CCCN)c1. The average molecular weight is 207 g/mol. The maximum atomic E-state index is 5.49. The first-order valence-electron chi connectivity index (χ1n) is 5.52. The summed E-state index contributed by atoms with van der Waals surface area (Å²) in [6, 6.07) is 4.23. The van der Waals surface area contributed by atoms with Crippen molar-refractivity contribution in [1.82, 2.24) is 4.98 Å². The van der Waals surface area contributed by atoms with Gasteiger partial charge in [-0.3, -0.25) is 0 Å². The molecule has 84 valence electrons. The predicted molar refractivity (Wildman–Crippen MR) is 65.3 cm³/mol. The van der Waals surface area contributed by atoms with E-state index in [9.17, 15) is 0 Å². The number of rotatable bonds is 5. The predicted octanol–water partition coefficient (Wildman–Crippen LogP) is 1.99. The van der Waals surface area contributed by atoms with Crippen LogP contribution in [0.2, 0.25) is 0 Å². The number of pyridine rings is 1. The molecule has 0 aliphatic rings. The third kappa shape index (κ3) is 3.51. The van der Waals surface area contributed by atoms with Crippen molar-refractivity contribution in [3.05, 3.63) is 23.9 Å². The van der Waals surface area contributed by atoms with E-state index in [4.69, 9.17) is 5.73 Å². The van der Waals surface area contributed by atoms with E-state index < -0.39 is 0 Å². The smallest absolute Gasteiger partial charge is 0.128 e. The lowest BCUT2D eigenvalue weighted by atomic mass is 10.1. The van der Waals surface area contributed by atoms with Crippen molar-refractivity contribution in [2.24, 2.45) is 5.73 Å². The van der Waals surface area contributed by atoms with Crippen LogP contribution in [0, 0.1) is 0 Å². The minimum absolute atomic E-state index is 0.551. The zero-order valence-corrected chi connectivity index (χ0v) is 9.90. The Labute approximate surface area is 92.3 Å². The van der Waals surface area contributed by atoms with E-state index in [2.05, 4.69) is 42.9 Å². The van der Waals surface area contributed by atoms with Crippen molar-refractivity contribution >= 4 is 5.82 Å². The van der Waals surface area contributed by atoms with E-state index in [1.54, 1.807) is 0 Å². The lowest BCUT2D eigenvalue weighted by Crippen LogP contribution is -2.22. The molecule has 0 spiro atoms. The summed E-state index contributed by atoms with van der Waals surface area (Å²) in [5.74, 6) is 1.59. The molecule has 1 rings (SSSR count). The standard InChI is InChI=1S/C12H21N3/c1-10(2)11-5-7-14-12(9-11)15(3)8-4-6-13/h5,7,9-10H,4,6,8,13H2,1-3H3. The number of hydrogen-bond donors (Lipinski definition) is 1. The highest BCUT2D eigenvalue weighted by atomic mass is 15.2. The van der Waals surface area contributed by atoms with Gasteiger partial charge in [0.05, 0.1) is 0 Å². The molecule has 0 atom stereocenters. The van der Waals surface area contributed by atoms with Crippen molar-refractivity contribution in [3.63, 3.8) is 0 Å². The summed E-state index contributed by atoms with van der Waals surface area (Å²) in [6.45, 7) is 6.08. The number of anilines is 1. The van der Waals surface area contributed by atoms with Gasteiger partial charge in [0.1, 0.15) is 5.82 Å². The number of aromatic nitrogens is 1. The van der Waals surface area contributed by atoms with Gasteiger partial charge < -0.3 is 10.6 Å². The van der Waals surface area contributed by atoms with Crippen LogP contribution in [0.15, 0.2) is 18.3 Å². The third-order valence-electron chi connectivity index (χ3n) is 2.52. The maximum absolute atomic E-state index is 5.49. The van der Waals surface area contributed by atoms with Crippen LogP contribution in [0.5, 0.6) is 0 Å². The summed E-state index contributed by atoms with van der Waals surface area (Å²) < 4.78 is 0. The summed E-state index contributed by atoms with van der Waals surface area (Å²) in [6.07, 6.45) is 2.88. The number of nitrogens with two attached hydrogens (primary N) is 1. The van der Waals surface area contributed by atoms with Crippen LogP contribution in [0.1, 0.15) is 31.7 Å². The van der Waals surface area contributed by atoms with Gasteiger partial charge in [0, 0.05) is 19.8 Å². The second kappa shape index (κ2) is 5.71. The van der Waals surface area contributed by atoms with Crippen molar-refractivity contribution in [2.75, 3.05) is 25.0 Å². The molecule has 0 aromatic carbocycles. The Morgan fingerprint density at radius 1 is 1.47 bits per heavy atom. The lowest BCUT2D eigenvalue weighted by Gasteiger charge is -2.18. The van der Waals surface area contributed by atoms with E-state index in [0.29, 0.717) is 5.92 Å². The highest BCUT2D eigenvalue weighted by Crippen LogP contribution is 2.18. The fourth-order valence-electron chi connectivity index (χ4n) is 1.45. The number of hydrogen-bond acceptors (Lipinski definition) is 3. The zero-order valence-electron chi connectivity index (χ0n) is 9.90. The molecule has 0 aliphatic carbocycles. The van der Waals surface area contributed by atoms with Gasteiger partial charge >= 0.3 is 0 Å². The molecule has 0 fully saturated rings. The van der Waals surface area contributed by atoms with E-state index in [1.807, 2.05) is 6.20 Å². The first kappa shape index (κ1) is 12.0. The number of nitrogens with zero attached hydrogens (tertiary/aromatic N) is 2. The van der Waals surface area contributed by atoms with Gasteiger partial charge in [0.2, 0.25) is 0 Å². The molecule has 0 saturated heterocycles. The highest BCUT2D eigenvalue weighted by Gasteiger charge is 2.04. The fraction of sp³-hybridized carbons (Fsp3) is 0.583. The molecule has 0 aliphatic heterocycles. The second-order valence-electron chi connectivity index (χ2n) is 4.17. The minimum Gasteiger partial charge on any atom is -0.360 e. The van der Waals surface area contributed by atoms with Crippen LogP contribution in [-0.4, -0.2) is 25.1 Å². The van der Waals surface area contributed by atoms with E-state index >= 15 is 0 Å². The average Bonchev–Trinajstić information content (AvgIpc) is 2.26. The molecule has 0 amide bonds. The fourth-order valence-corrected chi connectivity index (χ4v) is 1.45. The van der Waals surface area contributed by atoms with Crippen LogP contribution in [0.4, 0.5) is 5.82 Å². The Morgan fingerprint density at radius 2 is 2.20 bits per heavy atom. The topological polar surface area (TPSA) is 42.2 Å². The Morgan fingerprint density at radius 3 is 2.80 bits per heavy atom. The van der Waals surface area contributed by atoms with Crippen LogP contribution in [0.25, 0.3) is 0 Å². The van der Waals surface area contributed by atoms with Gasteiger partial charge in [-0.25, -0.2) is 4.98 Å². The molecule has 3 heteroatoms. The lowest BCUT2D eigenvalue weighted by molar-refractivity contribution is 0.782. The molecular formula is C12H21N3. The summed E-state index contributed by atoms with van der Waals surface area (Å²) in [7, 11) is 2.06. The van der Waals surface area contributed by atoms with Gasteiger partial charge in [-0.05, 0) is 36.6 Å². The largest absolute Gasteiger partial charge is 0.360 e. The molecule has 15 heavy (non-hydrogen) atoms. The quantitative estimate of drug-likeness (QED) is 0.803. The first-order valence-corrected chi connectivity index (χ1v) is 5.52. The van der Waals surface area contributed by atoms with Crippen LogP contribution in [0.3, 0.4) is 0 Å². The molecule has 0 bridgehead atoms. The molecular weight excluding hydrogens is 186 g/mol. The Hall–Kier alpha value is -1.09. The summed E-state index contributed by atoms with van der Waals surface area (Å²) in [5.41, 5.74) is 6.82. The van der Waals surface area contributed by atoms with Crippen LogP contribution in [-0.2, 0) is 0 Å². The van der Waals surface area contributed by atoms with Crippen molar-refractivity contribution in [2.45, 2.75) is 26.2 Å². The molecule has 1 aromatic rings. The van der Waals surface area contributed by atoms with E-state index in [1.165, 1.54) is 5.56 Å². The Balaban J connectivity index is 2.71. The van der Waals surface area contributed by atoms with Gasteiger partial charge in [0.15, 0.2) is 0 Å². The highest BCUT2D eigenvalue weighted by molar-refractivity contribution is 5.40. The Bertz CT molecular complexity index is 297. The summed E-state index contributed by atoms with van der Waals surface area (Å²) >= 11 is 0. The minimum atomic E-state index is 0.551. The van der Waals surface area contributed by atoms with Crippen molar-refractivity contribution < 1.29 is 0 Å². The molecule has 2 N–H and O–H groups in total. The summed E-state index contributed by atoms with van der Waals surface area (Å²) in [4.78, 5) is 6.51. The first-order chi connectivity index (χ1) is 7.15. The van der Waals surface area contributed by atoms with Gasteiger partial charge in [-0.1, -0.05) is 13.8 Å². The third-order valence-corrected chi connectivity index (χ3v) is 2.52. The van der Waals surface area contributed by atoms with Gasteiger partial charge in [-0.15, -0.1) is 0 Å². The molecule has 0 radical (unpaired) electrons. The zero-order chi connectivity index (χ0) is 11.3. The van der Waals surface area contributed by atoms with Crippen molar-refractivity contribution in [1.29, 1.82) is 0 Å². The van der Waals surface area contributed by atoms with Gasteiger partial charge in [-0.2, -0.15) is 0 Å². The van der Waals surface area contributed by atoms with Crippen LogP contribution >= 0.6 is 0 Å². The molecule has 0 saturated carbocycles. The molecule has 0 unspecified atom stereocenters. The normalized spacial score (nSPS) is 10.7. The Kier molecular flexibility index (Phi) is 4.56.